The third-order valence-corrected chi connectivity index (χ3v) is 6.21. The molecule has 194 valence electrons. The van der Waals surface area contributed by atoms with Crippen LogP contribution in [0.4, 0.5) is 17.2 Å². The molecule has 0 atom stereocenters. The van der Waals surface area contributed by atoms with Gasteiger partial charge in [-0.25, -0.2) is 4.68 Å². The zero-order valence-corrected chi connectivity index (χ0v) is 21.4. The highest BCUT2D eigenvalue weighted by atomic mass is 16.2. The van der Waals surface area contributed by atoms with Crippen molar-refractivity contribution in [3.63, 3.8) is 0 Å². The van der Waals surface area contributed by atoms with Crippen LogP contribution in [0.2, 0.25) is 0 Å². The highest BCUT2D eigenvalue weighted by molar-refractivity contribution is 6.04. The molecule has 12 nitrogen and oxygen atoms in total. The summed E-state index contributed by atoms with van der Waals surface area (Å²) in [6, 6.07) is 13.1. The summed E-state index contributed by atoms with van der Waals surface area (Å²) in [5.41, 5.74) is 4.82. The SMILES string of the molecule is Cc1cn(-c2cccc(NC(=O)c3cnn(C)c3)c2)nc1Nc1ccc2c(cnn2C(=O)c2cnn(C)c2)c1. The number of aryl methyl sites for hydroxylation is 3. The lowest BCUT2D eigenvalue weighted by atomic mass is 10.2. The van der Waals surface area contributed by atoms with Gasteiger partial charge in [-0.05, 0) is 43.3 Å². The first kappa shape index (κ1) is 23.9. The second kappa shape index (κ2) is 9.41. The van der Waals surface area contributed by atoms with Crippen LogP contribution in [0.25, 0.3) is 16.6 Å². The molecule has 0 fully saturated rings. The summed E-state index contributed by atoms with van der Waals surface area (Å²) < 4.78 is 6.28. The molecule has 6 aromatic rings. The van der Waals surface area contributed by atoms with Gasteiger partial charge >= 0.3 is 0 Å². The van der Waals surface area contributed by atoms with Crippen molar-refractivity contribution in [2.75, 3.05) is 10.6 Å². The minimum atomic E-state index is -0.243. The molecule has 0 saturated heterocycles. The number of nitrogens with one attached hydrogen (secondary N) is 2. The Hall–Kier alpha value is -5.52. The lowest BCUT2D eigenvalue weighted by Crippen LogP contribution is -2.12. The van der Waals surface area contributed by atoms with E-state index in [4.69, 9.17) is 5.10 Å². The highest BCUT2D eigenvalue weighted by Gasteiger charge is 2.16. The second-order valence-corrected chi connectivity index (χ2v) is 9.18. The van der Waals surface area contributed by atoms with Crippen LogP contribution in [0, 0.1) is 6.92 Å². The maximum atomic E-state index is 12.8. The number of hydrogen-bond acceptors (Lipinski definition) is 7. The summed E-state index contributed by atoms with van der Waals surface area (Å²) in [4.78, 5) is 25.4. The lowest BCUT2D eigenvalue weighted by Gasteiger charge is -2.07. The third-order valence-electron chi connectivity index (χ3n) is 6.21. The van der Waals surface area contributed by atoms with Crippen molar-refractivity contribution in [1.82, 2.24) is 39.1 Å². The van der Waals surface area contributed by atoms with E-state index in [0.717, 1.165) is 22.3 Å². The van der Waals surface area contributed by atoms with Gasteiger partial charge in [0.1, 0.15) is 0 Å². The van der Waals surface area contributed by atoms with Gasteiger partial charge in [-0.3, -0.25) is 19.0 Å². The summed E-state index contributed by atoms with van der Waals surface area (Å²) >= 11 is 0. The Balaban J connectivity index is 1.20. The molecular weight excluding hydrogens is 496 g/mol. The maximum absolute atomic E-state index is 12.8. The van der Waals surface area contributed by atoms with E-state index in [-0.39, 0.29) is 11.8 Å². The topological polar surface area (TPSA) is 129 Å². The average molecular weight is 521 g/mol. The van der Waals surface area contributed by atoms with Gasteiger partial charge in [0.2, 0.25) is 0 Å². The van der Waals surface area contributed by atoms with Crippen LogP contribution in [0.1, 0.15) is 26.3 Å². The van der Waals surface area contributed by atoms with E-state index in [2.05, 4.69) is 25.9 Å². The van der Waals surface area contributed by atoms with Crippen molar-refractivity contribution in [2.45, 2.75) is 6.92 Å². The first-order valence-corrected chi connectivity index (χ1v) is 12.1. The Kier molecular flexibility index (Phi) is 5.76. The number of fused-ring (bicyclic) bond motifs is 1. The number of amides is 1. The lowest BCUT2D eigenvalue weighted by molar-refractivity contribution is 0.0949. The predicted octanol–water partition coefficient (Wildman–Crippen LogP) is 3.68. The Bertz CT molecular complexity index is 1860. The monoisotopic (exact) mass is 520 g/mol. The average Bonchev–Trinajstić information content (AvgIpc) is 3.72. The van der Waals surface area contributed by atoms with Gasteiger partial charge in [-0.15, -0.1) is 5.10 Å². The van der Waals surface area contributed by atoms with Crippen molar-refractivity contribution in [3.05, 3.63) is 96.3 Å². The van der Waals surface area contributed by atoms with E-state index in [9.17, 15) is 9.59 Å². The number of nitrogens with zero attached hydrogens (tertiary/aromatic N) is 8. The highest BCUT2D eigenvalue weighted by Crippen LogP contribution is 2.25. The van der Waals surface area contributed by atoms with Crippen LogP contribution in [-0.4, -0.2) is 50.9 Å². The van der Waals surface area contributed by atoms with E-state index in [1.165, 1.54) is 17.1 Å². The van der Waals surface area contributed by atoms with E-state index in [1.807, 2.05) is 55.6 Å². The molecule has 4 heterocycles. The molecule has 0 aliphatic heterocycles. The molecule has 4 aromatic heterocycles. The number of rotatable bonds is 6. The quantitative estimate of drug-likeness (QED) is 0.343. The number of carbonyl (C=O) groups is 2. The number of anilines is 3. The van der Waals surface area contributed by atoms with Crippen LogP contribution in [0.15, 0.2) is 79.6 Å². The van der Waals surface area contributed by atoms with Crippen LogP contribution in [0.5, 0.6) is 0 Å². The summed E-state index contributed by atoms with van der Waals surface area (Å²) in [6.07, 6.45) is 9.94. The Labute approximate surface area is 222 Å². The van der Waals surface area contributed by atoms with Crippen molar-refractivity contribution in [2.24, 2.45) is 14.1 Å². The molecule has 39 heavy (non-hydrogen) atoms. The van der Waals surface area contributed by atoms with E-state index < -0.39 is 0 Å². The van der Waals surface area contributed by atoms with Crippen molar-refractivity contribution < 1.29 is 9.59 Å². The summed E-state index contributed by atoms with van der Waals surface area (Å²) in [5, 5.41) is 24.2. The second-order valence-electron chi connectivity index (χ2n) is 9.18. The van der Waals surface area contributed by atoms with Crippen molar-refractivity contribution in [3.8, 4) is 5.69 Å². The van der Waals surface area contributed by atoms with E-state index in [1.54, 1.807) is 46.7 Å². The standard InChI is InChI=1S/C27H24N10O2/c1-17-14-36(23-6-4-5-21(10-23)32-26(38)19-12-28-34(2)15-19)33-25(17)31-22-7-8-24-18(9-22)11-30-37(24)27(39)20-13-29-35(3)16-20/h4-16H,1-3H3,(H,31,33)(H,32,38). The molecule has 0 radical (unpaired) electrons. The van der Waals surface area contributed by atoms with Crippen LogP contribution in [-0.2, 0) is 14.1 Å². The van der Waals surface area contributed by atoms with Crippen LogP contribution < -0.4 is 10.6 Å². The fourth-order valence-corrected chi connectivity index (χ4v) is 4.25. The van der Waals surface area contributed by atoms with Gasteiger partial charge in [0, 0.05) is 55.0 Å². The normalized spacial score (nSPS) is 11.2. The predicted molar refractivity (Wildman–Crippen MR) is 145 cm³/mol. The van der Waals surface area contributed by atoms with E-state index >= 15 is 0 Å². The fourth-order valence-electron chi connectivity index (χ4n) is 4.25. The molecule has 1 amide bonds. The molecule has 2 N–H and O–H groups in total. The van der Waals surface area contributed by atoms with Gasteiger partial charge in [0.05, 0.1) is 40.9 Å². The molecular formula is C27H24N10O2. The Morgan fingerprint density at radius 3 is 2.33 bits per heavy atom. The van der Waals surface area contributed by atoms with Gasteiger partial charge in [0.25, 0.3) is 11.8 Å². The smallest absolute Gasteiger partial charge is 0.281 e. The van der Waals surface area contributed by atoms with Gasteiger partial charge in [0.15, 0.2) is 5.82 Å². The zero-order valence-electron chi connectivity index (χ0n) is 21.4. The summed E-state index contributed by atoms with van der Waals surface area (Å²) in [6.45, 7) is 1.96. The zero-order chi connectivity index (χ0) is 27.1. The molecule has 0 unspecified atom stereocenters. The summed E-state index contributed by atoms with van der Waals surface area (Å²) in [7, 11) is 3.52. The van der Waals surface area contributed by atoms with Crippen LogP contribution >= 0.6 is 0 Å². The molecule has 0 saturated carbocycles. The summed E-state index contributed by atoms with van der Waals surface area (Å²) in [5.74, 6) is 0.199. The minimum absolute atomic E-state index is 0.236. The van der Waals surface area contributed by atoms with Crippen molar-refractivity contribution >= 4 is 39.9 Å². The molecule has 6 rings (SSSR count). The van der Waals surface area contributed by atoms with Gasteiger partial charge in [-0.2, -0.15) is 20.0 Å². The molecule has 0 spiro atoms. The molecule has 2 aromatic carbocycles. The Morgan fingerprint density at radius 2 is 1.59 bits per heavy atom. The van der Waals surface area contributed by atoms with Crippen LogP contribution in [0.3, 0.4) is 0 Å². The molecule has 0 aliphatic rings. The minimum Gasteiger partial charge on any atom is -0.338 e. The van der Waals surface area contributed by atoms with Crippen molar-refractivity contribution in [1.29, 1.82) is 0 Å². The third kappa shape index (κ3) is 4.66. The van der Waals surface area contributed by atoms with Gasteiger partial charge in [-0.1, -0.05) is 6.07 Å². The van der Waals surface area contributed by atoms with Gasteiger partial charge < -0.3 is 10.6 Å². The fraction of sp³-hybridized carbons (Fsp3) is 0.111. The number of benzene rings is 2. The first-order chi connectivity index (χ1) is 18.8. The molecule has 0 aliphatic carbocycles. The largest absolute Gasteiger partial charge is 0.338 e. The molecule has 12 heteroatoms. The molecule has 0 bridgehead atoms. The Morgan fingerprint density at radius 1 is 0.821 bits per heavy atom. The first-order valence-electron chi connectivity index (χ1n) is 12.1. The maximum Gasteiger partial charge on any atom is 0.281 e. The number of hydrogen-bond donors (Lipinski definition) is 2. The number of carbonyl (C=O) groups excluding carboxylic acids is 2. The van der Waals surface area contributed by atoms with E-state index in [0.29, 0.717) is 28.1 Å². The number of aromatic nitrogens is 8.